The van der Waals surface area contributed by atoms with Crippen molar-refractivity contribution in [3.8, 4) is 5.75 Å². The van der Waals surface area contributed by atoms with Gasteiger partial charge in [0.1, 0.15) is 5.75 Å². The van der Waals surface area contributed by atoms with Crippen molar-refractivity contribution in [3.63, 3.8) is 0 Å². The first-order chi connectivity index (χ1) is 10.7. The summed E-state index contributed by atoms with van der Waals surface area (Å²) < 4.78 is 5.89. The third-order valence-corrected chi connectivity index (χ3v) is 3.95. The predicted octanol–water partition coefficient (Wildman–Crippen LogP) is 3.15. The van der Waals surface area contributed by atoms with Crippen LogP contribution in [0.4, 0.5) is 10.5 Å². The van der Waals surface area contributed by atoms with Crippen LogP contribution in [0.3, 0.4) is 0 Å². The molecule has 2 rings (SSSR count). The number of benzene rings is 1. The van der Waals surface area contributed by atoms with E-state index >= 15 is 0 Å². The van der Waals surface area contributed by atoms with Crippen LogP contribution in [0, 0.1) is 5.92 Å². The zero-order valence-corrected chi connectivity index (χ0v) is 13.2. The largest absolute Gasteiger partial charge is 0.490 e. The van der Waals surface area contributed by atoms with Gasteiger partial charge in [-0.15, -0.1) is 0 Å². The molecule has 1 saturated carbocycles. The van der Waals surface area contributed by atoms with Gasteiger partial charge in [-0.25, -0.2) is 4.79 Å². The van der Waals surface area contributed by atoms with Crippen LogP contribution in [-0.2, 0) is 0 Å². The normalized spacial score (nSPS) is 16.3. The minimum Gasteiger partial charge on any atom is -0.490 e. The molecule has 5 nitrogen and oxygen atoms in total. The highest BCUT2D eigenvalue weighted by atomic mass is 16.5. The third kappa shape index (κ3) is 5.56. The lowest BCUT2D eigenvalue weighted by molar-refractivity contribution is 0.210. The summed E-state index contributed by atoms with van der Waals surface area (Å²) in [7, 11) is 0. The van der Waals surface area contributed by atoms with E-state index in [0.29, 0.717) is 19.1 Å². The van der Waals surface area contributed by atoms with E-state index in [1.54, 1.807) is 0 Å². The molecule has 122 valence electrons. The molecule has 1 aromatic rings. The van der Waals surface area contributed by atoms with E-state index in [-0.39, 0.29) is 18.6 Å². The number of carbonyl (C=O) groups is 1. The minimum absolute atomic E-state index is 0.146. The van der Waals surface area contributed by atoms with Crippen molar-refractivity contribution in [2.24, 2.45) is 5.92 Å². The average Bonchev–Trinajstić information content (AvgIpc) is 3.00. The molecule has 0 spiro atoms. The quantitative estimate of drug-likeness (QED) is 0.724. The van der Waals surface area contributed by atoms with Gasteiger partial charge in [-0.2, -0.15) is 0 Å². The van der Waals surface area contributed by atoms with Crippen molar-refractivity contribution >= 4 is 11.7 Å². The molecule has 22 heavy (non-hydrogen) atoms. The van der Waals surface area contributed by atoms with E-state index in [2.05, 4.69) is 10.6 Å². The highest BCUT2D eigenvalue weighted by molar-refractivity contribution is 5.89. The maximum Gasteiger partial charge on any atom is 0.319 e. The third-order valence-electron chi connectivity index (χ3n) is 3.95. The van der Waals surface area contributed by atoms with Crippen LogP contribution < -0.4 is 15.4 Å². The second kappa shape index (κ2) is 8.63. The molecule has 0 heterocycles. The SMILES string of the molecule is CC(CCO)CNC(=O)Nc1ccc(OC2CCCC2)cc1. The molecule has 0 saturated heterocycles. The number of ether oxygens (including phenoxy) is 1. The molecular formula is C17H26N2O3. The van der Waals surface area contributed by atoms with E-state index < -0.39 is 0 Å². The van der Waals surface area contributed by atoms with Crippen molar-refractivity contribution in [2.45, 2.75) is 45.1 Å². The van der Waals surface area contributed by atoms with E-state index in [1.165, 1.54) is 12.8 Å². The summed E-state index contributed by atoms with van der Waals surface area (Å²) in [6.07, 6.45) is 5.80. The van der Waals surface area contributed by atoms with Gasteiger partial charge in [0.2, 0.25) is 0 Å². The summed E-state index contributed by atoms with van der Waals surface area (Å²) in [6.45, 7) is 2.69. The van der Waals surface area contributed by atoms with E-state index in [0.717, 1.165) is 24.3 Å². The summed E-state index contributed by atoms with van der Waals surface area (Å²) in [5.74, 6) is 1.12. The van der Waals surface area contributed by atoms with Gasteiger partial charge >= 0.3 is 6.03 Å². The monoisotopic (exact) mass is 306 g/mol. The molecule has 1 aliphatic rings. The molecule has 1 unspecified atom stereocenters. The maximum atomic E-state index is 11.8. The highest BCUT2D eigenvalue weighted by Crippen LogP contribution is 2.24. The predicted molar refractivity (Wildman–Crippen MR) is 87.2 cm³/mol. The standard InChI is InChI=1S/C17H26N2O3/c1-13(10-11-20)12-18-17(21)19-14-6-8-16(9-7-14)22-15-4-2-3-5-15/h6-9,13,15,20H,2-5,10-12H2,1H3,(H2,18,19,21). The highest BCUT2D eigenvalue weighted by Gasteiger charge is 2.16. The first-order valence-corrected chi connectivity index (χ1v) is 8.10. The van der Waals surface area contributed by atoms with Crippen molar-refractivity contribution in [1.82, 2.24) is 5.32 Å². The molecule has 3 N–H and O–H groups in total. The van der Waals surface area contributed by atoms with Gasteiger partial charge in [-0.1, -0.05) is 6.92 Å². The minimum atomic E-state index is -0.228. The van der Waals surface area contributed by atoms with Gasteiger partial charge in [0.05, 0.1) is 6.10 Å². The van der Waals surface area contributed by atoms with Crippen molar-refractivity contribution in [3.05, 3.63) is 24.3 Å². The van der Waals surface area contributed by atoms with Gasteiger partial charge < -0.3 is 20.5 Å². The number of anilines is 1. The Balaban J connectivity index is 1.74. The van der Waals surface area contributed by atoms with Gasteiger partial charge in [-0.05, 0) is 62.3 Å². The summed E-state index contributed by atoms with van der Waals surface area (Å²) >= 11 is 0. The smallest absolute Gasteiger partial charge is 0.319 e. The van der Waals surface area contributed by atoms with Crippen LogP contribution >= 0.6 is 0 Å². The van der Waals surface area contributed by atoms with E-state index in [4.69, 9.17) is 9.84 Å². The van der Waals surface area contributed by atoms with Gasteiger partial charge in [-0.3, -0.25) is 0 Å². The fraction of sp³-hybridized carbons (Fsp3) is 0.588. The molecule has 1 atom stereocenters. The number of amides is 2. The van der Waals surface area contributed by atoms with Crippen LogP contribution in [0.1, 0.15) is 39.0 Å². The number of urea groups is 1. The van der Waals surface area contributed by atoms with Crippen LogP contribution in [-0.4, -0.2) is 30.4 Å². The Morgan fingerprint density at radius 1 is 1.32 bits per heavy atom. The Labute approximate surface area is 132 Å². The fourth-order valence-electron chi connectivity index (χ4n) is 2.58. The van der Waals surface area contributed by atoms with Crippen LogP contribution in [0.25, 0.3) is 0 Å². The lowest BCUT2D eigenvalue weighted by atomic mass is 10.1. The van der Waals surface area contributed by atoms with Gasteiger partial charge in [0.15, 0.2) is 0 Å². The molecule has 1 aromatic carbocycles. The Kier molecular flexibility index (Phi) is 6.52. The molecule has 0 radical (unpaired) electrons. The molecule has 0 aromatic heterocycles. The number of aliphatic hydroxyl groups is 1. The Morgan fingerprint density at radius 2 is 2.00 bits per heavy atom. The maximum absolute atomic E-state index is 11.8. The summed E-state index contributed by atoms with van der Waals surface area (Å²) in [6, 6.07) is 7.25. The average molecular weight is 306 g/mol. The van der Waals surface area contributed by atoms with E-state index in [9.17, 15) is 4.79 Å². The summed E-state index contributed by atoms with van der Waals surface area (Å²) in [5.41, 5.74) is 0.742. The molecule has 1 fully saturated rings. The molecule has 2 amide bonds. The van der Waals surface area contributed by atoms with Crippen LogP contribution in [0.15, 0.2) is 24.3 Å². The Hall–Kier alpha value is -1.75. The number of nitrogens with one attached hydrogen (secondary N) is 2. The lowest BCUT2D eigenvalue weighted by Gasteiger charge is -2.14. The van der Waals surface area contributed by atoms with Crippen LogP contribution in [0.5, 0.6) is 5.75 Å². The number of hydrogen-bond donors (Lipinski definition) is 3. The molecule has 0 bridgehead atoms. The second-order valence-corrected chi connectivity index (χ2v) is 6.00. The number of carbonyl (C=O) groups excluding carboxylic acids is 1. The van der Waals surface area contributed by atoms with Crippen LogP contribution in [0.2, 0.25) is 0 Å². The first kappa shape index (κ1) is 16.6. The summed E-state index contributed by atoms with van der Waals surface area (Å²) in [5, 5.41) is 14.4. The lowest BCUT2D eigenvalue weighted by Crippen LogP contribution is -2.32. The zero-order chi connectivity index (χ0) is 15.8. The molecule has 5 heteroatoms. The van der Waals surface area contributed by atoms with Gasteiger partial charge in [0, 0.05) is 18.8 Å². The molecule has 1 aliphatic carbocycles. The van der Waals surface area contributed by atoms with E-state index in [1.807, 2.05) is 31.2 Å². The second-order valence-electron chi connectivity index (χ2n) is 6.00. The van der Waals surface area contributed by atoms with Crippen molar-refractivity contribution < 1.29 is 14.6 Å². The number of aliphatic hydroxyl groups excluding tert-OH is 1. The Bertz CT molecular complexity index is 455. The number of hydrogen-bond acceptors (Lipinski definition) is 3. The van der Waals surface area contributed by atoms with Crippen molar-refractivity contribution in [1.29, 1.82) is 0 Å². The fourth-order valence-corrected chi connectivity index (χ4v) is 2.58. The van der Waals surface area contributed by atoms with Gasteiger partial charge in [0.25, 0.3) is 0 Å². The summed E-state index contributed by atoms with van der Waals surface area (Å²) in [4.78, 5) is 11.8. The zero-order valence-electron chi connectivity index (χ0n) is 13.2. The Morgan fingerprint density at radius 3 is 2.64 bits per heavy atom. The topological polar surface area (TPSA) is 70.6 Å². The number of rotatable bonds is 7. The first-order valence-electron chi connectivity index (χ1n) is 8.10. The molecular weight excluding hydrogens is 280 g/mol. The molecule has 0 aliphatic heterocycles. The van der Waals surface area contributed by atoms with Crippen molar-refractivity contribution in [2.75, 3.05) is 18.5 Å².